The number of benzene rings is 2. The highest BCUT2D eigenvalue weighted by atomic mass is 32.1. The van der Waals surface area contributed by atoms with Gasteiger partial charge in [0.25, 0.3) is 0 Å². The standard InChI is InChI=1S/C18H13F4N3O4S/c19-12-10(6-7-11(13(12)30)18(20,21)22)14(26)23-17-25-24-15(29-17)16(27)28-8-9-4-2-1-3-5-9/h1-7,14,26,30H,8H2,(H,23,25). The summed E-state index contributed by atoms with van der Waals surface area (Å²) in [5, 5.41) is 19.1. The summed E-state index contributed by atoms with van der Waals surface area (Å²) < 4.78 is 62.6. The third kappa shape index (κ3) is 4.89. The Morgan fingerprint density at radius 1 is 1.20 bits per heavy atom. The zero-order valence-electron chi connectivity index (χ0n) is 14.9. The van der Waals surface area contributed by atoms with Gasteiger partial charge in [0.1, 0.15) is 12.4 Å². The van der Waals surface area contributed by atoms with Gasteiger partial charge in [-0.05, 0) is 11.6 Å². The highest BCUT2D eigenvalue weighted by Gasteiger charge is 2.35. The third-order valence-corrected chi connectivity index (χ3v) is 4.26. The molecule has 2 aromatic carbocycles. The minimum atomic E-state index is -4.81. The predicted octanol–water partition coefficient (Wildman–Crippen LogP) is 3.98. The number of hydrogen-bond donors (Lipinski definition) is 3. The second-order valence-corrected chi connectivity index (χ2v) is 6.33. The number of aromatic nitrogens is 2. The van der Waals surface area contributed by atoms with E-state index in [2.05, 4.69) is 28.1 Å². The Bertz CT molecular complexity index is 1040. The van der Waals surface area contributed by atoms with Gasteiger partial charge >= 0.3 is 24.1 Å². The van der Waals surface area contributed by atoms with Gasteiger partial charge in [0.2, 0.25) is 0 Å². The number of esters is 1. The molecule has 1 unspecified atom stereocenters. The number of anilines is 1. The monoisotopic (exact) mass is 443 g/mol. The second-order valence-electron chi connectivity index (χ2n) is 5.88. The lowest BCUT2D eigenvalue weighted by Crippen LogP contribution is -2.15. The molecule has 0 spiro atoms. The molecule has 158 valence electrons. The number of nitrogens with zero attached hydrogens (tertiary/aromatic N) is 2. The van der Waals surface area contributed by atoms with Crippen molar-refractivity contribution in [3.05, 3.63) is 70.9 Å². The first-order chi connectivity index (χ1) is 14.2. The molecule has 0 fully saturated rings. The zero-order valence-corrected chi connectivity index (χ0v) is 15.7. The summed E-state index contributed by atoms with van der Waals surface area (Å²) in [4.78, 5) is 11.0. The van der Waals surface area contributed by atoms with Gasteiger partial charge in [-0.2, -0.15) is 13.2 Å². The molecule has 1 aromatic heterocycles. The maximum atomic E-state index is 14.2. The minimum Gasteiger partial charge on any atom is -0.454 e. The van der Waals surface area contributed by atoms with Gasteiger partial charge in [-0.3, -0.25) is 0 Å². The van der Waals surface area contributed by atoms with Crippen molar-refractivity contribution in [3.63, 3.8) is 0 Å². The fourth-order valence-corrected chi connectivity index (χ4v) is 2.69. The molecule has 3 aromatic rings. The Labute approximate surface area is 172 Å². The molecule has 0 saturated heterocycles. The van der Waals surface area contributed by atoms with Crippen LogP contribution in [0, 0.1) is 5.82 Å². The van der Waals surface area contributed by atoms with Gasteiger partial charge in [0, 0.05) is 5.56 Å². The van der Waals surface area contributed by atoms with Gasteiger partial charge in [-0.1, -0.05) is 46.6 Å². The topological polar surface area (TPSA) is 97.5 Å². The van der Waals surface area contributed by atoms with Gasteiger partial charge in [-0.15, -0.1) is 12.6 Å². The molecule has 12 heteroatoms. The summed E-state index contributed by atoms with van der Waals surface area (Å²) in [6.45, 7) is -0.0467. The molecule has 7 nitrogen and oxygen atoms in total. The fraction of sp³-hybridized carbons (Fsp3) is 0.167. The van der Waals surface area contributed by atoms with Crippen LogP contribution in [0.3, 0.4) is 0 Å². The van der Waals surface area contributed by atoms with Crippen molar-refractivity contribution in [2.75, 3.05) is 5.32 Å². The van der Waals surface area contributed by atoms with E-state index in [1.54, 1.807) is 30.3 Å². The van der Waals surface area contributed by atoms with Gasteiger partial charge in [0.05, 0.1) is 10.5 Å². The van der Waals surface area contributed by atoms with E-state index in [-0.39, 0.29) is 6.61 Å². The average molecular weight is 443 g/mol. The zero-order chi connectivity index (χ0) is 21.9. The molecule has 0 aliphatic carbocycles. The number of aliphatic hydroxyl groups is 1. The van der Waals surface area contributed by atoms with E-state index in [9.17, 15) is 27.5 Å². The summed E-state index contributed by atoms with van der Waals surface area (Å²) >= 11 is 3.53. The Kier molecular flexibility index (Phi) is 6.27. The van der Waals surface area contributed by atoms with Crippen molar-refractivity contribution in [2.45, 2.75) is 23.9 Å². The van der Waals surface area contributed by atoms with Crippen molar-refractivity contribution < 1.29 is 36.6 Å². The lowest BCUT2D eigenvalue weighted by molar-refractivity contribution is -0.140. The van der Waals surface area contributed by atoms with Crippen LogP contribution < -0.4 is 5.32 Å². The first-order valence-corrected chi connectivity index (χ1v) is 8.69. The van der Waals surface area contributed by atoms with E-state index < -0.39 is 52.1 Å². The molecular formula is C18H13F4N3O4S. The normalized spacial score (nSPS) is 12.5. The lowest BCUT2D eigenvalue weighted by atomic mass is 10.1. The van der Waals surface area contributed by atoms with Crippen molar-refractivity contribution in [1.82, 2.24) is 10.2 Å². The first-order valence-electron chi connectivity index (χ1n) is 8.24. The Morgan fingerprint density at radius 3 is 2.57 bits per heavy atom. The Hall–Kier alpha value is -3.12. The molecule has 1 atom stereocenters. The lowest BCUT2D eigenvalue weighted by Gasteiger charge is -2.16. The summed E-state index contributed by atoms with van der Waals surface area (Å²) in [6.07, 6.45) is -6.66. The highest BCUT2D eigenvalue weighted by molar-refractivity contribution is 7.80. The van der Waals surface area contributed by atoms with E-state index >= 15 is 0 Å². The Balaban J connectivity index is 1.67. The van der Waals surface area contributed by atoms with Crippen LogP contribution in [0.5, 0.6) is 0 Å². The number of ether oxygens (including phenoxy) is 1. The average Bonchev–Trinajstić information content (AvgIpc) is 3.16. The molecule has 0 bridgehead atoms. The molecule has 0 amide bonds. The van der Waals surface area contributed by atoms with Crippen molar-refractivity contribution in [1.29, 1.82) is 0 Å². The molecule has 1 heterocycles. The van der Waals surface area contributed by atoms with Gasteiger partial charge < -0.3 is 19.6 Å². The third-order valence-electron chi connectivity index (χ3n) is 3.82. The summed E-state index contributed by atoms with van der Waals surface area (Å²) in [7, 11) is 0. The minimum absolute atomic E-state index is 0.0467. The predicted molar refractivity (Wildman–Crippen MR) is 97.1 cm³/mol. The Morgan fingerprint density at radius 2 is 1.90 bits per heavy atom. The second kappa shape index (κ2) is 8.71. The maximum Gasteiger partial charge on any atom is 0.417 e. The van der Waals surface area contributed by atoms with E-state index in [1.165, 1.54) is 0 Å². The molecule has 2 N–H and O–H groups in total. The largest absolute Gasteiger partial charge is 0.454 e. The SMILES string of the molecule is O=C(OCc1ccccc1)c1nnc(NC(O)c2ccc(C(F)(F)F)c(S)c2F)o1. The van der Waals surface area contributed by atoms with Gasteiger partial charge in [0.15, 0.2) is 6.23 Å². The number of carbonyl (C=O) groups is 1. The van der Waals surface area contributed by atoms with Crippen molar-refractivity contribution >= 4 is 24.6 Å². The number of rotatable bonds is 6. The van der Waals surface area contributed by atoms with Crippen LogP contribution in [0.2, 0.25) is 0 Å². The number of carbonyl (C=O) groups excluding carboxylic acids is 1. The molecule has 0 aliphatic rings. The van der Waals surface area contributed by atoms with E-state index in [4.69, 9.17) is 9.15 Å². The van der Waals surface area contributed by atoms with Crippen LogP contribution in [0.25, 0.3) is 0 Å². The highest BCUT2D eigenvalue weighted by Crippen LogP contribution is 2.37. The molecular weight excluding hydrogens is 430 g/mol. The molecule has 3 rings (SSSR count). The number of thiol groups is 1. The number of hydrogen-bond acceptors (Lipinski definition) is 8. The van der Waals surface area contributed by atoms with E-state index in [1.807, 2.05) is 0 Å². The molecule has 30 heavy (non-hydrogen) atoms. The van der Waals surface area contributed by atoms with Crippen molar-refractivity contribution in [2.24, 2.45) is 0 Å². The molecule has 0 radical (unpaired) electrons. The molecule has 0 aliphatic heterocycles. The number of alkyl halides is 3. The van der Waals surface area contributed by atoms with E-state index in [0.717, 1.165) is 11.6 Å². The maximum absolute atomic E-state index is 14.2. The van der Waals surface area contributed by atoms with Crippen molar-refractivity contribution in [3.8, 4) is 0 Å². The van der Waals surface area contributed by atoms with Crippen LogP contribution in [0.15, 0.2) is 51.8 Å². The van der Waals surface area contributed by atoms with Crippen LogP contribution in [0.1, 0.15) is 33.6 Å². The number of halogens is 4. The molecule has 0 saturated carbocycles. The first kappa shape index (κ1) is 21.6. The smallest absolute Gasteiger partial charge is 0.417 e. The van der Waals surface area contributed by atoms with Crippen LogP contribution in [-0.4, -0.2) is 21.3 Å². The summed E-state index contributed by atoms with van der Waals surface area (Å²) in [5.41, 5.74) is -1.11. The summed E-state index contributed by atoms with van der Waals surface area (Å²) in [6, 6.07) is 9.62. The quantitative estimate of drug-likeness (QED) is 0.230. The van der Waals surface area contributed by atoms with Crippen LogP contribution in [0.4, 0.5) is 23.6 Å². The fourth-order valence-electron chi connectivity index (χ4n) is 2.36. The van der Waals surface area contributed by atoms with E-state index in [0.29, 0.717) is 6.07 Å². The summed E-state index contributed by atoms with van der Waals surface area (Å²) in [5.74, 6) is -2.86. The van der Waals surface area contributed by atoms with Gasteiger partial charge in [-0.25, -0.2) is 9.18 Å². The number of aliphatic hydroxyl groups excluding tert-OH is 1. The number of nitrogens with one attached hydrogen (secondary N) is 1. The van der Waals surface area contributed by atoms with Crippen LogP contribution in [-0.2, 0) is 17.5 Å². The van der Waals surface area contributed by atoms with Crippen LogP contribution >= 0.6 is 12.6 Å².